The third-order valence-corrected chi connectivity index (χ3v) is 4.41. The van der Waals surface area contributed by atoms with Crippen molar-refractivity contribution < 1.29 is 32.5 Å². The normalized spacial score (nSPS) is 12.8. The Balaban J connectivity index is 2.18. The van der Waals surface area contributed by atoms with Crippen molar-refractivity contribution >= 4 is 23.4 Å². The van der Waals surface area contributed by atoms with Gasteiger partial charge in [-0.3, -0.25) is 10.1 Å². The number of carbonyl (C=O) groups is 1. The molecule has 1 atom stereocenters. The summed E-state index contributed by atoms with van der Waals surface area (Å²) in [5, 5.41) is 10.8. The molecule has 0 aliphatic rings. The number of rotatable bonds is 9. The summed E-state index contributed by atoms with van der Waals surface area (Å²) >= 11 is 5.30. The fraction of sp³-hybridized carbons (Fsp3) is 0.316. The van der Waals surface area contributed by atoms with E-state index in [9.17, 15) is 23.7 Å². The smallest absolute Gasteiger partial charge is 0.428 e. The van der Waals surface area contributed by atoms with Crippen LogP contribution in [0.1, 0.15) is 11.1 Å². The fourth-order valence-electron chi connectivity index (χ4n) is 2.87. The number of non-ortho nitro benzene ring substituents is 1. The van der Waals surface area contributed by atoms with Crippen LogP contribution in [0.5, 0.6) is 0 Å². The number of benzene rings is 2. The predicted octanol–water partition coefficient (Wildman–Crippen LogP) is 4.37. The van der Waals surface area contributed by atoms with E-state index in [1.807, 2.05) is 0 Å². The highest BCUT2D eigenvalue weighted by atomic mass is 35.5. The third-order valence-electron chi connectivity index (χ3n) is 4.30. The highest BCUT2D eigenvalue weighted by Gasteiger charge is 2.26. The summed E-state index contributed by atoms with van der Waals surface area (Å²) in [7, 11) is 1.81. The monoisotopic (exact) mass is 429 g/mol. The molecule has 156 valence electrons. The average Bonchev–Trinajstić information content (AvgIpc) is 2.65. The summed E-state index contributed by atoms with van der Waals surface area (Å²) in [4.78, 5) is 21.7. The van der Waals surface area contributed by atoms with Crippen molar-refractivity contribution in [3.8, 4) is 0 Å². The predicted molar refractivity (Wildman–Crippen MR) is 101 cm³/mol. The molecule has 0 aliphatic carbocycles. The third kappa shape index (κ3) is 6.95. The molecule has 0 fully saturated rings. The quantitative estimate of drug-likeness (QED) is 0.194. The van der Waals surface area contributed by atoms with Gasteiger partial charge in [-0.2, -0.15) is 0 Å². The van der Waals surface area contributed by atoms with Gasteiger partial charge in [-0.05, 0) is 24.3 Å². The fourth-order valence-corrected chi connectivity index (χ4v) is 2.96. The van der Waals surface area contributed by atoms with Gasteiger partial charge in [0.25, 0.3) is 5.69 Å². The minimum absolute atomic E-state index is 0.0258. The summed E-state index contributed by atoms with van der Waals surface area (Å²) in [5.41, 5.74) is 1.02. The van der Waals surface area contributed by atoms with Crippen LogP contribution >= 0.6 is 11.6 Å². The lowest BCUT2D eigenvalue weighted by molar-refractivity contribution is -0.935. The van der Waals surface area contributed by atoms with Crippen LogP contribution in [0, 0.1) is 21.7 Å². The van der Waals surface area contributed by atoms with Crippen LogP contribution in [0.2, 0.25) is 0 Å². The largest absolute Gasteiger partial charge is 0.509 e. The van der Waals surface area contributed by atoms with Crippen molar-refractivity contribution in [1.82, 2.24) is 0 Å². The van der Waals surface area contributed by atoms with Gasteiger partial charge in [-0.25, -0.2) is 13.6 Å². The number of carbonyl (C=O) groups excluding carboxylic acids is 1. The number of hydrogen-bond acceptors (Lipinski definition) is 5. The Morgan fingerprint density at radius 1 is 1.14 bits per heavy atom. The molecule has 0 N–H and O–H groups in total. The number of nitro benzene ring substituents is 1. The van der Waals surface area contributed by atoms with Gasteiger partial charge in [0, 0.05) is 29.3 Å². The second-order valence-electron chi connectivity index (χ2n) is 6.67. The average molecular weight is 430 g/mol. The summed E-state index contributed by atoms with van der Waals surface area (Å²) in [6, 6.07) is 8.98. The van der Waals surface area contributed by atoms with E-state index in [1.54, 1.807) is 19.2 Å². The number of nitro groups is 1. The highest BCUT2D eigenvalue weighted by molar-refractivity contribution is 6.17. The van der Waals surface area contributed by atoms with E-state index < -0.39 is 22.7 Å². The van der Waals surface area contributed by atoms with Crippen LogP contribution < -0.4 is 0 Å². The van der Waals surface area contributed by atoms with Crippen LogP contribution in [0.25, 0.3) is 0 Å². The molecule has 0 spiro atoms. The minimum atomic E-state index is -0.921. The summed E-state index contributed by atoms with van der Waals surface area (Å²) in [6.07, 6.45) is -0.921. The first kappa shape index (κ1) is 22.5. The Hall–Kier alpha value is -2.78. The second kappa shape index (κ2) is 10.1. The van der Waals surface area contributed by atoms with Crippen molar-refractivity contribution in [2.45, 2.75) is 13.1 Å². The van der Waals surface area contributed by atoms with Crippen molar-refractivity contribution in [2.24, 2.45) is 0 Å². The van der Waals surface area contributed by atoms with Gasteiger partial charge in [0.15, 0.2) is 6.07 Å². The number of quaternary nitrogens is 1. The zero-order valence-electron chi connectivity index (χ0n) is 15.6. The van der Waals surface area contributed by atoms with Gasteiger partial charge >= 0.3 is 6.16 Å². The highest BCUT2D eigenvalue weighted by Crippen LogP contribution is 2.21. The van der Waals surface area contributed by atoms with Crippen LogP contribution in [-0.2, 0) is 22.6 Å². The van der Waals surface area contributed by atoms with Gasteiger partial charge in [0.2, 0.25) is 0 Å². The van der Waals surface area contributed by atoms with E-state index in [-0.39, 0.29) is 35.9 Å². The standard InChI is InChI=1S/C19H20ClF2N2O5/c1-24(8-9-28-19(25)29-13-20,12-15-4-5-16(21)10-18(15)22)11-14-2-6-17(7-3-14)23(26)27/h2-7,10H,8-9,11-13H2,1H3/q+1. The Bertz CT molecular complexity index is 866. The van der Waals surface area contributed by atoms with E-state index in [0.717, 1.165) is 11.6 Å². The first-order chi connectivity index (χ1) is 13.7. The molecule has 2 rings (SSSR count). The molecular weight excluding hydrogens is 410 g/mol. The Labute approximate surface area is 171 Å². The molecule has 0 amide bonds. The molecule has 7 nitrogen and oxygen atoms in total. The van der Waals surface area contributed by atoms with E-state index in [1.165, 1.54) is 24.3 Å². The molecule has 2 aromatic carbocycles. The van der Waals surface area contributed by atoms with Gasteiger partial charge in [-0.1, -0.05) is 11.6 Å². The molecule has 1 unspecified atom stereocenters. The molecule has 29 heavy (non-hydrogen) atoms. The Morgan fingerprint density at radius 2 is 1.83 bits per heavy atom. The van der Waals surface area contributed by atoms with Gasteiger partial charge in [0.05, 0.1) is 12.0 Å². The Morgan fingerprint density at radius 3 is 2.41 bits per heavy atom. The molecular formula is C19H20ClF2N2O5+. The topological polar surface area (TPSA) is 78.7 Å². The van der Waals surface area contributed by atoms with Crippen molar-refractivity contribution in [1.29, 1.82) is 0 Å². The lowest BCUT2D eigenvalue weighted by atomic mass is 10.1. The van der Waals surface area contributed by atoms with Gasteiger partial charge < -0.3 is 14.0 Å². The van der Waals surface area contributed by atoms with E-state index in [0.29, 0.717) is 12.1 Å². The molecule has 0 aromatic heterocycles. The molecule has 0 aliphatic heterocycles. The zero-order chi connectivity index (χ0) is 21.4. The van der Waals surface area contributed by atoms with Crippen LogP contribution in [0.15, 0.2) is 42.5 Å². The van der Waals surface area contributed by atoms with E-state index in [2.05, 4.69) is 4.74 Å². The maximum absolute atomic E-state index is 14.2. The van der Waals surface area contributed by atoms with Crippen molar-refractivity contribution in [3.63, 3.8) is 0 Å². The Kier molecular flexibility index (Phi) is 7.86. The summed E-state index contributed by atoms with van der Waals surface area (Å²) in [6.45, 7) is 0.799. The van der Waals surface area contributed by atoms with Crippen LogP contribution in [0.3, 0.4) is 0 Å². The van der Waals surface area contributed by atoms with Crippen molar-refractivity contribution in [3.05, 3.63) is 75.3 Å². The van der Waals surface area contributed by atoms with Crippen LogP contribution in [-0.4, -0.2) is 41.8 Å². The van der Waals surface area contributed by atoms with Gasteiger partial charge in [-0.15, -0.1) is 0 Å². The lowest BCUT2D eigenvalue weighted by Crippen LogP contribution is -2.45. The lowest BCUT2D eigenvalue weighted by Gasteiger charge is -2.34. The molecule has 10 heteroatoms. The molecule has 0 saturated heterocycles. The number of likely N-dealkylation sites (N-methyl/N-ethyl adjacent to an activating group) is 1. The number of ether oxygens (including phenoxy) is 2. The maximum Gasteiger partial charge on any atom is 0.509 e. The first-order valence-corrected chi connectivity index (χ1v) is 9.12. The second-order valence-corrected chi connectivity index (χ2v) is 6.89. The SMILES string of the molecule is C[N+](CCOC(=O)OCCl)(Cc1ccc([N+](=O)[O-])cc1)Cc1ccc(F)cc1F. The maximum atomic E-state index is 14.2. The number of hydrogen-bond donors (Lipinski definition) is 0. The summed E-state index contributed by atoms with van der Waals surface area (Å²) < 4.78 is 37.0. The van der Waals surface area contributed by atoms with Gasteiger partial charge in [0.1, 0.15) is 37.9 Å². The van der Waals surface area contributed by atoms with Crippen LogP contribution in [0.4, 0.5) is 19.3 Å². The molecule has 2 aromatic rings. The van der Waals surface area contributed by atoms with E-state index in [4.69, 9.17) is 16.3 Å². The molecule has 0 saturated carbocycles. The number of alkyl halides is 1. The molecule has 0 heterocycles. The molecule has 0 bridgehead atoms. The molecule has 0 radical (unpaired) electrons. The zero-order valence-corrected chi connectivity index (χ0v) is 16.4. The number of halogens is 3. The van der Waals surface area contributed by atoms with E-state index >= 15 is 0 Å². The number of nitrogens with zero attached hydrogens (tertiary/aromatic N) is 2. The van der Waals surface area contributed by atoms with Crippen molar-refractivity contribution in [2.75, 3.05) is 26.3 Å². The first-order valence-electron chi connectivity index (χ1n) is 8.59. The summed E-state index contributed by atoms with van der Waals surface area (Å²) in [5.74, 6) is -1.36. The minimum Gasteiger partial charge on any atom is -0.428 e.